The van der Waals surface area contributed by atoms with Crippen LogP contribution in [0.4, 0.5) is 0 Å². The number of nitrogens with zero attached hydrogens (tertiary/aromatic N) is 1. The molecule has 0 fully saturated rings. The Morgan fingerprint density at radius 1 is 1.64 bits per heavy atom. The van der Waals surface area contributed by atoms with Crippen molar-refractivity contribution in [1.82, 2.24) is 4.98 Å². The molecule has 3 nitrogen and oxygen atoms in total. The van der Waals surface area contributed by atoms with Crippen molar-refractivity contribution < 1.29 is 9.52 Å². The van der Waals surface area contributed by atoms with Crippen molar-refractivity contribution in [2.45, 2.75) is 25.0 Å². The smallest absolute Gasteiger partial charge is 0.224 e. The van der Waals surface area contributed by atoms with Crippen LogP contribution in [0.1, 0.15) is 24.6 Å². The zero-order valence-electron chi connectivity index (χ0n) is 6.79. The molecule has 0 saturated heterocycles. The first kappa shape index (κ1) is 8.62. The number of hydrogen-bond donors (Lipinski definition) is 1. The predicted octanol–water partition coefficient (Wildman–Crippen LogP) is 1.76. The Hall–Kier alpha value is -0.480. The first-order valence-corrected chi connectivity index (χ1v) is 4.57. The van der Waals surface area contributed by atoms with Crippen molar-refractivity contribution in [3.8, 4) is 0 Å². The van der Waals surface area contributed by atoms with Crippen LogP contribution in [0, 0.1) is 6.92 Å². The fourth-order valence-corrected chi connectivity index (χ4v) is 1.28. The van der Waals surface area contributed by atoms with Crippen LogP contribution < -0.4 is 0 Å². The van der Waals surface area contributed by atoms with Gasteiger partial charge in [0, 0.05) is 0 Å². The first-order chi connectivity index (χ1) is 5.15. The third-order valence-corrected chi connectivity index (χ3v) is 2.06. The van der Waals surface area contributed by atoms with Gasteiger partial charge in [0.2, 0.25) is 5.89 Å². The Labute approximate surface area is 69.8 Å². The highest BCUT2D eigenvalue weighted by Gasteiger charge is 2.11. The lowest BCUT2D eigenvalue weighted by atomic mass is 10.4. The zero-order valence-corrected chi connectivity index (χ0v) is 7.60. The topological polar surface area (TPSA) is 46.3 Å². The lowest BCUT2D eigenvalue weighted by Crippen LogP contribution is -1.89. The summed E-state index contributed by atoms with van der Waals surface area (Å²) in [6.07, 6.45) is 1.30. The molecule has 1 aromatic heterocycles. The maximum absolute atomic E-state index is 9.09. The molecule has 1 unspecified atom stereocenters. The van der Waals surface area contributed by atoms with Crippen molar-refractivity contribution in [2.24, 2.45) is 0 Å². The lowest BCUT2D eigenvalue weighted by Gasteiger charge is -1.94. The Bertz CT molecular complexity index is 245. The van der Waals surface area contributed by atoms with Gasteiger partial charge in [-0.2, -0.15) is 0 Å². The molecule has 62 valence electrons. The van der Waals surface area contributed by atoms with Crippen LogP contribution in [0.2, 0.25) is 0 Å². The molecule has 0 aliphatic heterocycles. The maximum atomic E-state index is 9.09. The van der Waals surface area contributed by atoms with Gasteiger partial charge in [-0.1, -0.05) is 11.8 Å². The van der Waals surface area contributed by atoms with E-state index < -0.39 is 6.10 Å². The average Bonchev–Trinajstić information content (AvgIpc) is 2.31. The van der Waals surface area contributed by atoms with Gasteiger partial charge in [-0.15, -0.1) is 0 Å². The average molecular weight is 173 g/mol. The van der Waals surface area contributed by atoms with Crippen LogP contribution in [0.5, 0.6) is 0 Å². The van der Waals surface area contributed by atoms with Gasteiger partial charge >= 0.3 is 0 Å². The predicted molar refractivity (Wildman–Crippen MR) is 43.7 cm³/mol. The van der Waals surface area contributed by atoms with Crippen molar-refractivity contribution in [3.63, 3.8) is 0 Å². The van der Waals surface area contributed by atoms with Gasteiger partial charge in [0.05, 0.1) is 5.69 Å². The molecular formula is C7H11NO2S. The molecule has 0 aromatic carbocycles. The summed E-state index contributed by atoms with van der Waals surface area (Å²) in [7, 11) is 0. The summed E-state index contributed by atoms with van der Waals surface area (Å²) in [5.74, 6) is 0.395. The summed E-state index contributed by atoms with van der Waals surface area (Å²) in [5.41, 5.74) is 0.841. The highest BCUT2D eigenvalue weighted by atomic mass is 32.2. The Morgan fingerprint density at radius 3 is 2.55 bits per heavy atom. The van der Waals surface area contributed by atoms with Crippen molar-refractivity contribution >= 4 is 11.8 Å². The molecule has 0 spiro atoms. The lowest BCUT2D eigenvalue weighted by molar-refractivity contribution is 0.157. The zero-order chi connectivity index (χ0) is 8.43. The summed E-state index contributed by atoms with van der Waals surface area (Å²) < 4.78 is 5.23. The van der Waals surface area contributed by atoms with E-state index in [-0.39, 0.29) is 0 Å². The van der Waals surface area contributed by atoms with E-state index in [0.29, 0.717) is 5.89 Å². The third kappa shape index (κ3) is 1.75. The van der Waals surface area contributed by atoms with E-state index in [9.17, 15) is 0 Å². The maximum Gasteiger partial charge on any atom is 0.224 e. The van der Waals surface area contributed by atoms with Crippen molar-refractivity contribution in [1.29, 1.82) is 0 Å². The fraction of sp³-hybridized carbons (Fsp3) is 0.571. The van der Waals surface area contributed by atoms with Crippen molar-refractivity contribution in [2.75, 3.05) is 6.26 Å². The molecule has 1 heterocycles. The number of aliphatic hydroxyl groups is 1. The monoisotopic (exact) mass is 173 g/mol. The van der Waals surface area contributed by atoms with Crippen LogP contribution in [0.25, 0.3) is 0 Å². The quantitative estimate of drug-likeness (QED) is 0.692. The highest BCUT2D eigenvalue weighted by molar-refractivity contribution is 7.98. The summed E-state index contributed by atoms with van der Waals surface area (Å²) >= 11 is 1.49. The molecule has 1 rings (SSSR count). The third-order valence-electron chi connectivity index (χ3n) is 1.31. The van der Waals surface area contributed by atoms with E-state index in [2.05, 4.69) is 4.98 Å². The normalized spacial score (nSPS) is 13.5. The summed E-state index contributed by atoms with van der Waals surface area (Å²) in [6, 6.07) is 0. The second-order valence-corrected chi connectivity index (χ2v) is 3.08. The first-order valence-electron chi connectivity index (χ1n) is 3.34. The minimum absolute atomic E-state index is 0.395. The molecular weight excluding hydrogens is 162 g/mol. The van der Waals surface area contributed by atoms with Crippen LogP contribution >= 0.6 is 11.8 Å². The minimum atomic E-state index is -0.616. The number of aliphatic hydroxyl groups excluding tert-OH is 1. The van der Waals surface area contributed by atoms with Crippen LogP contribution in [0.15, 0.2) is 9.51 Å². The largest absolute Gasteiger partial charge is 0.431 e. The summed E-state index contributed by atoms with van der Waals surface area (Å²) in [6.45, 7) is 3.50. The van der Waals surface area contributed by atoms with Crippen LogP contribution in [0.3, 0.4) is 0 Å². The number of aryl methyl sites for hydroxylation is 1. The molecule has 0 aliphatic carbocycles. The second-order valence-electron chi connectivity index (χ2n) is 2.31. The van der Waals surface area contributed by atoms with E-state index in [1.807, 2.05) is 13.2 Å². The van der Waals surface area contributed by atoms with E-state index in [0.717, 1.165) is 10.8 Å². The minimum Gasteiger partial charge on any atom is -0.431 e. The molecule has 0 radical (unpaired) electrons. The van der Waals surface area contributed by atoms with Gasteiger partial charge in [-0.3, -0.25) is 0 Å². The van der Waals surface area contributed by atoms with Crippen molar-refractivity contribution in [3.05, 3.63) is 11.6 Å². The van der Waals surface area contributed by atoms with E-state index >= 15 is 0 Å². The van der Waals surface area contributed by atoms with E-state index in [1.165, 1.54) is 11.8 Å². The Morgan fingerprint density at radius 2 is 2.27 bits per heavy atom. The molecule has 1 aromatic rings. The number of hydrogen-bond acceptors (Lipinski definition) is 4. The molecule has 4 heteroatoms. The molecule has 1 N–H and O–H groups in total. The van der Waals surface area contributed by atoms with Gasteiger partial charge in [0.15, 0.2) is 5.09 Å². The number of aromatic nitrogens is 1. The van der Waals surface area contributed by atoms with E-state index in [4.69, 9.17) is 9.52 Å². The van der Waals surface area contributed by atoms with Gasteiger partial charge in [0.1, 0.15) is 6.10 Å². The molecule has 1 atom stereocenters. The molecule has 11 heavy (non-hydrogen) atoms. The molecule has 0 saturated carbocycles. The van der Waals surface area contributed by atoms with Gasteiger partial charge < -0.3 is 9.52 Å². The molecule has 0 bridgehead atoms. The number of rotatable bonds is 2. The number of oxazole rings is 1. The van der Waals surface area contributed by atoms with E-state index in [1.54, 1.807) is 6.92 Å². The Balaban J connectivity index is 2.95. The molecule has 0 aliphatic rings. The summed E-state index contributed by atoms with van der Waals surface area (Å²) in [4.78, 5) is 4.04. The number of thioether (sulfide) groups is 1. The van der Waals surface area contributed by atoms with Crippen LogP contribution in [-0.2, 0) is 0 Å². The fourth-order valence-electron chi connectivity index (χ4n) is 0.771. The SMILES string of the molecule is CSc1oc(C(C)O)nc1C. The van der Waals surface area contributed by atoms with Gasteiger partial charge in [0.25, 0.3) is 0 Å². The van der Waals surface area contributed by atoms with Crippen LogP contribution in [-0.4, -0.2) is 16.3 Å². The molecule has 0 amide bonds. The van der Waals surface area contributed by atoms with Gasteiger partial charge in [-0.25, -0.2) is 4.98 Å². The second kappa shape index (κ2) is 3.28. The standard InChI is InChI=1S/C7H11NO2S/c1-4-7(11-3)10-6(8-4)5(2)9/h5,9H,1-3H3. The Kier molecular flexibility index (Phi) is 2.57. The highest BCUT2D eigenvalue weighted by Crippen LogP contribution is 2.23. The summed E-state index contributed by atoms with van der Waals surface area (Å²) in [5, 5.41) is 9.87. The van der Waals surface area contributed by atoms with Gasteiger partial charge in [-0.05, 0) is 20.1 Å².